The van der Waals surface area contributed by atoms with Gasteiger partial charge in [-0.15, -0.1) is 0 Å². The first kappa shape index (κ1) is 27.2. The molecule has 0 spiro atoms. The molecule has 8 heteroatoms. The lowest BCUT2D eigenvalue weighted by Gasteiger charge is -2.41. The molecule has 1 N–H and O–H groups in total. The third-order valence-electron chi connectivity index (χ3n) is 7.71. The molecule has 200 valence electrons. The van der Waals surface area contributed by atoms with Crippen molar-refractivity contribution in [1.82, 2.24) is 15.1 Å². The summed E-state index contributed by atoms with van der Waals surface area (Å²) >= 11 is 0. The van der Waals surface area contributed by atoms with Gasteiger partial charge < -0.3 is 10.2 Å². The number of hydrogen-bond donors (Lipinski definition) is 1. The molecule has 1 atom stereocenters. The van der Waals surface area contributed by atoms with Gasteiger partial charge in [0.1, 0.15) is 0 Å². The Morgan fingerprint density at radius 1 is 0.838 bits per heavy atom. The van der Waals surface area contributed by atoms with Gasteiger partial charge >= 0.3 is 6.18 Å². The normalized spacial score (nSPS) is 20.1. The van der Waals surface area contributed by atoms with Gasteiger partial charge in [-0.05, 0) is 94.0 Å². The zero-order chi connectivity index (χ0) is 26.8. The number of benzene rings is 2. The molecule has 2 amide bonds. The first-order chi connectivity index (χ1) is 17.4. The van der Waals surface area contributed by atoms with E-state index in [4.69, 9.17) is 0 Å². The van der Waals surface area contributed by atoms with E-state index < -0.39 is 17.3 Å². The van der Waals surface area contributed by atoms with E-state index in [1.165, 1.54) is 25.0 Å². The minimum absolute atomic E-state index is 0.0255. The van der Waals surface area contributed by atoms with Gasteiger partial charge in [0.25, 0.3) is 11.8 Å². The molecule has 2 aromatic rings. The number of halogens is 3. The monoisotopic (exact) mass is 515 g/mol. The van der Waals surface area contributed by atoms with Crippen LogP contribution in [0.25, 0.3) is 0 Å². The molecule has 2 saturated heterocycles. The molecule has 0 aliphatic carbocycles. The Morgan fingerprint density at radius 3 is 1.97 bits per heavy atom. The van der Waals surface area contributed by atoms with Crippen LogP contribution in [0, 0.1) is 5.92 Å². The van der Waals surface area contributed by atoms with Crippen molar-refractivity contribution >= 4 is 11.8 Å². The summed E-state index contributed by atoms with van der Waals surface area (Å²) in [5, 5.41) is 2.88. The third-order valence-corrected chi connectivity index (χ3v) is 7.71. The lowest BCUT2D eigenvalue weighted by molar-refractivity contribution is -0.137. The highest BCUT2D eigenvalue weighted by Gasteiger charge is 2.32. The summed E-state index contributed by atoms with van der Waals surface area (Å²) in [6.07, 6.45) is 0.110. The molecule has 2 heterocycles. The first-order valence-electron chi connectivity index (χ1n) is 13.1. The molecule has 37 heavy (non-hydrogen) atoms. The minimum Gasteiger partial charge on any atom is -0.343 e. The maximum Gasteiger partial charge on any atom is 0.416 e. The van der Waals surface area contributed by atoms with E-state index in [0.717, 1.165) is 57.1 Å². The highest BCUT2D eigenvalue weighted by molar-refractivity contribution is 5.98. The molecule has 4 rings (SSSR count). The molecule has 2 fully saturated rings. The quantitative estimate of drug-likeness (QED) is 0.555. The van der Waals surface area contributed by atoms with Crippen LogP contribution >= 0.6 is 0 Å². The van der Waals surface area contributed by atoms with Crippen molar-refractivity contribution in [2.45, 2.75) is 64.2 Å². The van der Waals surface area contributed by atoms with E-state index >= 15 is 0 Å². The number of likely N-dealkylation sites (tertiary alicyclic amines) is 2. The summed E-state index contributed by atoms with van der Waals surface area (Å²) < 4.78 is 38.6. The van der Waals surface area contributed by atoms with Gasteiger partial charge in [-0.3, -0.25) is 14.5 Å². The molecule has 2 aliphatic rings. The fourth-order valence-electron chi connectivity index (χ4n) is 5.44. The molecule has 2 aliphatic heterocycles. The summed E-state index contributed by atoms with van der Waals surface area (Å²) in [6.45, 7) is 9.55. The summed E-state index contributed by atoms with van der Waals surface area (Å²) in [5.74, 6) is 0.354. The van der Waals surface area contributed by atoms with E-state index in [1.807, 2.05) is 4.90 Å². The number of carbonyl (C=O) groups is 2. The Morgan fingerprint density at radius 2 is 1.41 bits per heavy atom. The molecule has 1 unspecified atom stereocenters. The number of piperidine rings is 2. The van der Waals surface area contributed by atoms with Crippen molar-refractivity contribution in [1.29, 1.82) is 0 Å². The van der Waals surface area contributed by atoms with Crippen LogP contribution in [0.3, 0.4) is 0 Å². The molecule has 0 aromatic heterocycles. The fraction of sp³-hybridized carbons (Fsp3) is 0.517. The second-order valence-electron chi connectivity index (χ2n) is 11.0. The van der Waals surface area contributed by atoms with Crippen molar-refractivity contribution in [3.63, 3.8) is 0 Å². The average molecular weight is 516 g/mol. The van der Waals surface area contributed by atoms with Crippen molar-refractivity contribution in [2.24, 2.45) is 5.92 Å². The van der Waals surface area contributed by atoms with E-state index in [-0.39, 0.29) is 11.8 Å². The lowest BCUT2D eigenvalue weighted by Crippen LogP contribution is -2.49. The molecule has 0 radical (unpaired) electrons. The Hall–Kier alpha value is -2.87. The van der Waals surface area contributed by atoms with Crippen LogP contribution in [0.15, 0.2) is 48.5 Å². The van der Waals surface area contributed by atoms with Crippen molar-refractivity contribution < 1.29 is 22.8 Å². The van der Waals surface area contributed by atoms with E-state index in [2.05, 4.69) is 17.1 Å². The highest BCUT2D eigenvalue weighted by atomic mass is 19.4. The van der Waals surface area contributed by atoms with Crippen molar-refractivity contribution in [2.75, 3.05) is 26.2 Å². The second-order valence-corrected chi connectivity index (χ2v) is 11.0. The number of carbonyl (C=O) groups excluding carboxylic acids is 2. The zero-order valence-corrected chi connectivity index (χ0v) is 21.8. The lowest BCUT2D eigenvalue weighted by atomic mass is 9.92. The third kappa shape index (κ3) is 6.53. The van der Waals surface area contributed by atoms with Crippen LogP contribution in [0.1, 0.15) is 78.3 Å². The molecule has 0 saturated carbocycles. The minimum atomic E-state index is -4.41. The van der Waals surface area contributed by atoms with Gasteiger partial charge in [0.2, 0.25) is 0 Å². The van der Waals surface area contributed by atoms with Crippen LogP contribution in [-0.4, -0.2) is 53.8 Å². The highest BCUT2D eigenvalue weighted by Crippen LogP contribution is 2.31. The zero-order valence-electron chi connectivity index (χ0n) is 21.8. The number of rotatable bonds is 5. The van der Waals surface area contributed by atoms with E-state index in [0.29, 0.717) is 22.7 Å². The largest absolute Gasteiger partial charge is 0.416 e. The van der Waals surface area contributed by atoms with Gasteiger partial charge in [-0.25, -0.2) is 0 Å². The molecule has 5 nitrogen and oxygen atoms in total. The summed E-state index contributed by atoms with van der Waals surface area (Å²) in [6, 6.07) is 11.9. The predicted octanol–water partition coefficient (Wildman–Crippen LogP) is 5.71. The smallest absolute Gasteiger partial charge is 0.343 e. The number of hydrogen-bond acceptors (Lipinski definition) is 3. The van der Waals surface area contributed by atoms with Gasteiger partial charge in [0, 0.05) is 36.8 Å². The topological polar surface area (TPSA) is 52.7 Å². The molecule has 2 aromatic carbocycles. The second kappa shape index (κ2) is 10.9. The Balaban J connectivity index is 1.33. The standard InChI is InChI=1S/C29H36F3N3O2/c1-20-5-4-16-35(19-20)25-14-17-34(18-15-25)27(37)22-8-6-21(7-9-22)26(36)33-28(2,3)23-10-12-24(13-11-23)29(30,31)32/h6-13,20,25H,4-5,14-19H2,1-3H3,(H,33,36). The van der Waals surface area contributed by atoms with Gasteiger partial charge in [0.05, 0.1) is 11.1 Å². The van der Waals surface area contributed by atoms with Gasteiger partial charge in [-0.1, -0.05) is 19.1 Å². The fourth-order valence-corrected chi connectivity index (χ4v) is 5.44. The number of amides is 2. The first-order valence-corrected chi connectivity index (χ1v) is 13.1. The maximum atomic E-state index is 13.1. The summed E-state index contributed by atoms with van der Waals surface area (Å²) in [5.41, 5.74) is -0.128. The Bertz CT molecular complexity index is 1090. The van der Waals surface area contributed by atoms with Crippen LogP contribution in [0.2, 0.25) is 0 Å². The van der Waals surface area contributed by atoms with Gasteiger partial charge in [0.15, 0.2) is 0 Å². The molecular weight excluding hydrogens is 479 g/mol. The predicted molar refractivity (Wildman–Crippen MR) is 137 cm³/mol. The van der Waals surface area contributed by atoms with Crippen LogP contribution in [0.5, 0.6) is 0 Å². The number of nitrogens with zero attached hydrogens (tertiary/aromatic N) is 2. The van der Waals surface area contributed by atoms with E-state index in [1.54, 1.807) is 38.1 Å². The van der Waals surface area contributed by atoms with Crippen LogP contribution < -0.4 is 5.32 Å². The molecular formula is C29H36F3N3O2. The number of alkyl halides is 3. The van der Waals surface area contributed by atoms with Crippen LogP contribution in [-0.2, 0) is 11.7 Å². The Kier molecular flexibility index (Phi) is 7.97. The van der Waals surface area contributed by atoms with Crippen molar-refractivity contribution in [3.8, 4) is 0 Å². The molecule has 0 bridgehead atoms. The van der Waals surface area contributed by atoms with E-state index in [9.17, 15) is 22.8 Å². The van der Waals surface area contributed by atoms with Crippen LogP contribution in [0.4, 0.5) is 13.2 Å². The van der Waals surface area contributed by atoms with Gasteiger partial charge in [-0.2, -0.15) is 13.2 Å². The average Bonchev–Trinajstić information content (AvgIpc) is 2.88. The van der Waals surface area contributed by atoms with Crippen molar-refractivity contribution in [3.05, 3.63) is 70.8 Å². The Labute approximate surface area is 217 Å². The summed E-state index contributed by atoms with van der Waals surface area (Å²) in [7, 11) is 0. The summed E-state index contributed by atoms with van der Waals surface area (Å²) in [4.78, 5) is 30.4. The number of nitrogens with one attached hydrogen (secondary N) is 1. The SMILES string of the molecule is CC1CCCN(C2CCN(C(=O)c3ccc(C(=O)NC(C)(C)c4ccc(C(F)(F)F)cc4)cc3)CC2)C1. The maximum absolute atomic E-state index is 13.1.